The monoisotopic (exact) mass is 654 g/mol. The van der Waals surface area contributed by atoms with Gasteiger partial charge in [0.25, 0.3) is 0 Å². The fraction of sp³-hybridized carbons (Fsp3) is 0.265. The van der Waals surface area contributed by atoms with Gasteiger partial charge in [-0.25, -0.2) is 26.0 Å². The summed E-state index contributed by atoms with van der Waals surface area (Å²) in [4.78, 5) is 12.2. The summed E-state index contributed by atoms with van der Waals surface area (Å²) in [7, 11) is -3.95. The summed E-state index contributed by atoms with van der Waals surface area (Å²) in [5.74, 6) is -3.53. The third-order valence-electron chi connectivity index (χ3n) is 7.97. The van der Waals surface area contributed by atoms with E-state index in [1.807, 2.05) is 6.92 Å². The van der Waals surface area contributed by atoms with Gasteiger partial charge in [-0.3, -0.25) is 10.1 Å². The lowest BCUT2D eigenvalue weighted by Gasteiger charge is -2.41. The van der Waals surface area contributed by atoms with Crippen molar-refractivity contribution in [2.24, 2.45) is 0 Å². The molecule has 1 aliphatic rings. The first kappa shape index (κ1) is 33.1. The predicted molar refractivity (Wildman–Crippen MR) is 169 cm³/mol. The fourth-order valence-electron chi connectivity index (χ4n) is 5.72. The molecule has 0 radical (unpaired) electrons. The van der Waals surface area contributed by atoms with Crippen LogP contribution in [-0.4, -0.2) is 44.4 Å². The Kier molecular flexibility index (Phi) is 10.1. The van der Waals surface area contributed by atoms with Crippen molar-refractivity contribution in [3.63, 3.8) is 0 Å². The summed E-state index contributed by atoms with van der Waals surface area (Å²) in [6.45, 7) is 2.50. The molecule has 4 N–H and O–H groups in total. The highest BCUT2D eigenvalue weighted by molar-refractivity contribution is 7.92. The van der Waals surface area contributed by atoms with Crippen molar-refractivity contribution >= 4 is 27.1 Å². The molecule has 242 valence electrons. The summed E-state index contributed by atoms with van der Waals surface area (Å²) in [6.07, 6.45) is -0.0216. The van der Waals surface area contributed by atoms with Gasteiger partial charge in [-0.15, -0.1) is 0 Å². The van der Waals surface area contributed by atoms with E-state index in [0.29, 0.717) is 18.2 Å². The molecule has 46 heavy (non-hydrogen) atoms. The Hall–Kier alpha value is -4.26. The Morgan fingerprint density at radius 3 is 2.28 bits per heavy atom. The fourth-order valence-corrected chi connectivity index (χ4v) is 7.70. The number of nitrogens with one attached hydrogen (secondary N) is 4. The zero-order chi connectivity index (χ0) is 32.9. The summed E-state index contributed by atoms with van der Waals surface area (Å²) in [5, 5.41) is 12.0. The van der Waals surface area contributed by atoms with Gasteiger partial charge in [0.15, 0.2) is 9.84 Å². The molecule has 1 aliphatic heterocycles. The van der Waals surface area contributed by atoms with Gasteiger partial charge < -0.3 is 16.0 Å². The standard InChI is InChI=1S/C34H34F4N4O3S/c1-22-20-39-21-34(42-22,46(44,45)28-6-3-2-4-7-28)15-14-29-30(38)8-5-9-31(29)41-32(16-23-10-12-24(35)13-11-23)33(43)40-27-18-25(36)17-26(37)19-27/h2-13,17-19,22,32,39,41-42H,14-16,20-21H2,1H3,(H,40,43)/t22-,32+,34+/m1/s1. The maximum absolute atomic E-state index is 15.5. The minimum Gasteiger partial charge on any atom is -0.373 e. The normalized spacial score (nSPS) is 18.9. The highest BCUT2D eigenvalue weighted by atomic mass is 32.2. The van der Waals surface area contributed by atoms with Crippen LogP contribution in [0, 0.1) is 23.3 Å². The molecule has 0 saturated carbocycles. The van der Waals surface area contributed by atoms with Crippen LogP contribution >= 0.6 is 0 Å². The van der Waals surface area contributed by atoms with Crippen LogP contribution in [0.15, 0.2) is 95.9 Å². The molecule has 3 atom stereocenters. The van der Waals surface area contributed by atoms with E-state index in [1.165, 1.54) is 48.5 Å². The van der Waals surface area contributed by atoms with Gasteiger partial charge in [0.1, 0.15) is 34.2 Å². The van der Waals surface area contributed by atoms with Crippen molar-refractivity contribution in [1.29, 1.82) is 0 Å². The number of halogens is 4. The van der Waals surface area contributed by atoms with E-state index in [1.54, 1.807) is 24.3 Å². The largest absolute Gasteiger partial charge is 0.373 e. The van der Waals surface area contributed by atoms with Crippen molar-refractivity contribution in [2.45, 2.75) is 48.0 Å². The van der Waals surface area contributed by atoms with Gasteiger partial charge in [-0.05, 0) is 73.9 Å². The number of amides is 1. The number of piperazine rings is 1. The Labute approximate surface area is 265 Å². The zero-order valence-electron chi connectivity index (χ0n) is 25.0. The number of carbonyl (C=O) groups is 1. The lowest BCUT2D eigenvalue weighted by Crippen LogP contribution is -2.66. The van der Waals surface area contributed by atoms with Crippen molar-refractivity contribution in [3.05, 3.63) is 125 Å². The van der Waals surface area contributed by atoms with Crippen molar-refractivity contribution < 1.29 is 30.8 Å². The molecule has 0 unspecified atom stereocenters. The molecule has 1 saturated heterocycles. The molecule has 5 rings (SSSR count). The zero-order valence-corrected chi connectivity index (χ0v) is 25.8. The van der Waals surface area contributed by atoms with Crippen LogP contribution in [0.4, 0.5) is 28.9 Å². The highest BCUT2D eigenvalue weighted by Crippen LogP contribution is 2.32. The van der Waals surface area contributed by atoms with E-state index in [-0.39, 0.29) is 53.7 Å². The predicted octanol–water partition coefficient (Wildman–Crippen LogP) is 5.59. The van der Waals surface area contributed by atoms with Gasteiger partial charge in [-0.2, -0.15) is 0 Å². The molecule has 4 aromatic carbocycles. The summed E-state index contributed by atoms with van der Waals surface area (Å²) < 4.78 is 84.9. The van der Waals surface area contributed by atoms with Crippen LogP contribution in [0.5, 0.6) is 0 Å². The SMILES string of the molecule is C[C@@H]1CNC[C@](CCc2c(F)cccc2N[C@@H](Cc2ccc(F)cc2)C(=O)Nc2cc(F)cc(F)c2)(S(=O)(=O)c2ccccc2)N1. The summed E-state index contributed by atoms with van der Waals surface area (Å²) in [5.41, 5.74) is 0.832. The van der Waals surface area contributed by atoms with Gasteiger partial charge in [0.2, 0.25) is 5.91 Å². The quantitative estimate of drug-likeness (QED) is 0.158. The van der Waals surface area contributed by atoms with Gasteiger partial charge >= 0.3 is 0 Å². The first-order chi connectivity index (χ1) is 22.0. The van der Waals surface area contributed by atoms with E-state index in [4.69, 9.17) is 0 Å². The third-order valence-corrected chi connectivity index (χ3v) is 10.4. The van der Waals surface area contributed by atoms with Crippen LogP contribution < -0.4 is 21.3 Å². The summed E-state index contributed by atoms with van der Waals surface area (Å²) in [6, 6.07) is 19.1. The first-order valence-corrected chi connectivity index (χ1v) is 16.3. The van der Waals surface area contributed by atoms with Crippen LogP contribution in [-0.2, 0) is 27.5 Å². The average molecular weight is 655 g/mol. The molecular weight excluding hydrogens is 620 g/mol. The lowest BCUT2D eigenvalue weighted by molar-refractivity contribution is -0.116. The first-order valence-electron chi connectivity index (χ1n) is 14.8. The average Bonchev–Trinajstić information content (AvgIpc) is 3.01. The van der Waals surface area contributed by atoms with Crippen LogP contribution in [0.3, 0.4) is 0 Å². The Morgan fingerprint density at radius 2 is 1.61 bits per heavy atom. The van der Waals surface area contributed by atoms with Crippen molar-refractivity contribution in [3.8, 4) is 0 Å². The number of hydrogen-bond donors (Lipinski definition) is 4. The van der Waals surface area contributed by atoms with E-state index >= 15 is 4.39 Å². The maximum atomic E-state index is 15.5. The molecule has 7 nitrogen and oxygen atoms in total. The number of benzene rings is 4. The van der Waals surface area contributed by atoms with Gasteiger partial charge in [0.05, 0.1) is 4.90 Å². The Morgan fingerprint density at radius 1 is 0.913 bits per heavy atom. The van der Waals surface area contributed by atoms with Gasteiger partial charge in [-0.1, -0.05) is 36.4 Å². The number of rotatable bonds is 11. The molecule has 1 fully saturated rings. The molecule has 0 aromatic heterocycles. The number of anilines is 2. The van der Waals surface area contributed by atoms with Crippen LogP contribution in [0.25, 0.3) is 0 Å². The highest BCUT2D eigenvalue weighted by Gasteiger charge is 2.47. The number of hydrogen-bond acceptors (Lipinski definition) is 6. The van der Waals surface area contributed by atoms with E-state index in [9.17, 15) is 26.4 Å². The summed E-state index contributed by atoms with van der Waals surface area (Å²) >= 11 is 0. The van der Waals surface area contributed by atoms with E-state index in [2.05, 4.69) is 21.3 Å². The topological polar surface area (TPSA) is 99.3 Å². The van der Waals surface area contributed by atoms with Crippen LogP contribution in [0.2, 0.25) is 0 Å². The molecule has 1 heterocycles. The molecule has 0 spiro atoms. The lowest BCUT2D eigenvalue weighted by atomic mass is 9.99. The second kappa shape index (κ2) is 14.0. The maximum Gasteiger partial charge on any atom is 0.247 e. The second-order valence-corrected chi connectivity index (χ2v) is 13.7. The molecule has 0 bridgehead atoms. The van der Waals surface area contributed by atoms with Crippen molar-refractivity contribution in [1.82, 2.24) is 10.6 Å². The molecular formula is C34H34F4N4O3S. The smallest absolute Gasteiger partial charge is 0.247 e. The second-order valence-electron chi connectivity index (χ2n) is 11.4. The van der Waals surface area contributed by atoms with E-state index in [0.717, 1.165) is 12.1 Å². The minimum absolute atomic E-state index is 0.00538. The van der Waals surface area contributed by atoms with Gasteiger partial charge in [0, 0.05) is 48.6 Å². The molecule has 4 aromatic rings. The minimum atomic E-state index is -3.95. The molecule has 1 amide bonds. The van der Waals surface area contributed by atoms with Crippen LogP contribution in [0.1, 0.15) is 24.5 Å². The molecule has 12 heteroatoms. The Bertz CT molecular complexity index is 1770. The third kappa shape index (κ3) is 7.57. The molecule has 0 aliphatic carbocycles. The number of sulfone groups is 1. The number of carbonyl (C=O) groups excluding carboxylic acids is 1. The van der Waals surface area contributed by atoms with Crippen molar-refractivity contribution in [2.75, 3.05) is 23.7 Å². The Balaban J connectivity index is 1.46. The van der Waals surface area contributed by atoms with E-state index < -0.39 is 49.9 Å².